The number of nitrogens with one attached hydrogen (secondary N) is 1. The van der Waals surface area contributed by atoms with Gasteiger partial charge in [0.25, 0.3) is 10.1 Å². The first-order chi connectivity index (χ1) is 14.1. The maximum absolute atomic E-state index is 13.3. The molecule has 0 aliphatic heterocycles. The number of carbonyl (C=O) groups excluding carboxylic acids is 2. The molecule has 3 aromatic rings. The third kappa shape index (κ3) is 4.05. The number of ketones is 2. The zero-order chi connectivity index (χ0) is 21.8. The first-order valence-corrected chi connectivity index (χ1v) is 10.5. The minimum atomic E-state index is -4.74. The van der Waals surface area contributed by atoms with E-state index in [1.165, 1.54) is 12.1 Å². The van der Waals surface area contributed by atoms with E-state index in [0.29, 0.717) is 5.69 Å². The molecule has 154 valence electrons. The normalized spacial score (nSPS) is 12.6. The number of anilines is 3. The van der Waals surface area contributed by atoms with Crippen molar-refractivity contribution in [2.24, 2.45) is 0 Å². The first-order valence-electron chi connectivity index (χ1n) is 9.05. The zero-order valence-corrected chi connectivity index (χ0v) is 17.0. The summed E-state index contributed by atoms with van der Waals surface area (Å²) in [4.78, 5) is 25.8. The molecule has 0 amide bonds. The fourth-order valence-corrected chi connectivity index (χ4v) is 4.45. The van der Waals surface area contributed by atoms with E-state index in [1.807, 2.05) is 32.0 Å². The van der Waals surface area contributed by atoms with Gasteiger partial charge in [-0.25, -0.2) is 0 Å². The number of nitrogens with two attached hydrogens (primary N) is 1. The number of fused-ring (bicyclic) bond motifs is 2. The van der Waals surface area contributed by atoms with Crippen LogP contribution in [0.5, 0.6) is 0 Å². The van der Waals surface area contributed by atoms with Crippen molar-refractivity contribution < 1.29 is 22.6 Å². The standard InChI is InChI=1S/C22H18N2O5S.Na.H/c1-11-7-12(2)9-13(8-11)24-16-10-17(30(27,28)29)20(23)19-18(16)21(25)14-5-3-4-6-15(14)22(19)26;;/h3-10,24H,23H2,1-2H3,(H,27,28,29);;. The molecular formula is C22H19N2NaO5S. The molecule has 7 nitrogen and oxygen atoms in total. The summed E-state index contributed by atoms with van der Waals surface area (Å²) in [5.74, 6) is -1.03. The molecule has 0 bridgehead atoms. The summed E-state index contributed by atoms with van der Waals surface area (Å²) in [7, 11) is -4.74. The number of hydrogen-bond donors (Lipinski definition) is 3. The molecule has 0 saturated heterocycles. The predicted octanol–water partition coefficient (Wildman–Crippen LogP) is 3.00. The molecule has 0 saturated carbocycles. The molecule has 1 aliphatic rings. The number of hydrogen-bond acceptors (Lipinski definition) is 6. The van der Waals surface area contributed by atoms with Gasteiger partial charge in [0.1, 0.15) is 4.90 Å². The van der Waals surface area contributed by atoms with Gasteiger partial charge >= 0.3 is 29.6 Å². The van der Waals surface area contributed by atoms with Crippen molar-refractivity contribution in [1.29, 1.82) is 0 Å². The number of nitrogen functional groups attached to an aromatic ring is 1. The van der Waals surface area contributed by atoms with E-state index in [9.17, 15) is 22.6 Å². The van der Waals surface area contributed by atoms with Gasteiger partial charge in [0.2, 0.25) is 0 Å². The Labute approximate surface area is 201 Å². The maximum atomic E-state index is 13.3. The van der Waals surface area contributed by atoms with E-state index >= 15 is 0 Å². The zero-order valence-electron chi connectivity index (χ0n) is 16.2. The van der Waals surface area contributed by atoms with Crippen LogP contribution in [0.15, 0.2) is 53.4 Å². The molecule has 0 radical (unpaired) electrons. The van der Waals surface area contributed by atoms with E-state index in [0.717, 1.165) is 17.2 Å². The average molecular weight is 446 g/mol. The summed E-state index contributed by atoms with van der Waals surface area (Å²) in [5, 5.41) is 3.03. The summed E-state index contributed by atoms with van der Waals surface area (Å²) in [6.07, 6.45) is 0. The van der Waals surface area contributed by atoms with Crippen LogP contribution < -0.4 is 11.1 Å². The second-order valence-electron chi connectivity index (χ2n) is 7.27. The van der Waals surface area contributed by atoms with Crippen molar-refractivity contribution in [3.8, 4) is 0 Å². The number of rotatable bonds is 3. The van der Waals surface area contributed by atoms with Gasteiger partial charge in [-0.2, -0.15) is 8.42 Å². The van der Waals surface area contributed by atoms with Crippen molar-refractivity contribution in [1.82, 2.24) is 0 Å². The third-order valence-corrected chi connectivity index (χ3v) is 5.87. The van der Waals surface area contributed by atoms with Crippen LogP contribution >= 0.6 is 0 Å². The Morgan fingerprint density at radius 2 is 1.39 bits per heavy atom. The van der Waals surface area contributed by atoms with Crippen LogP contribution in [-0.4, -0.2) is 54.1 Å². The van der Waals surface area contributed by atoms with Crippen molar-refractivity contribution in [2.75, 3.05) is 11.1 Å². The Balaban J connectivity index is 0.00000272. The summed E-state index contributed by atoms with van der Waals surface area (Å²) in [6, 6.07) is 12.9. The van der Waals surface area contributed by atoms with Crippen molar-refractivity contribution >= 4 is 68.3 Å². The molecule has 4 rings (SSSR count). The van der Waals surface area contributed by atoms with Crippen LogP contribution in [-0.2, 0) is 10.1 Å². The molecular weight excluding hydrogens is 427 g/mol. The number of benzene rings is 3. The Morgan fingerprint density at radius 3 is 1.90 bits per heavy atom. The van der Waals surface area contributed by atoms with E-state index in [4.69, 9.17) is 5.73 Å². The summed E-state index contributed by atoms with van der Waals surface area (Å²) in [6.45, 7) is 3.79. The number of carbonyl (C=O) groups is 2. The van der Waals surface area contributed by atoms with Crippen LogP contribution in [0.25, 0.3) is 0 Å². The monoisotopic (exact) mass is 446 g/mol. The Hall–Kier alpha value is -2.49. The minimum absolute atomic E-state index is 0. The Bertz CT molecular complexity index is 1350. The van der Waals surface area contributed by atoms with Crippen LogP contribution in [0.2, 0.25) is 0 Å². The first kappa shape index (κ1) is 23.2. The van der Waals surface area contributed by atoms with Gasteiger partial charge in [-0.3, -0.25) is 14.1 Å². The summed E-state index contributed by atoms with van der Waals surface area (Å²) >= 11 is 0. The van der Waals surface area contributed by atoms with E-state index in [-0.39, 0.29) is 57.5 Å². The Morgan fingerprint density at radius 1 is 0.871 bits per heavy atom. The van der Waals surface area contributed by atoms with E-state index in [1.54, 1.807) is 12.1 Å². The van der Waals surface area contributed by atoms with Crippen LogP contribution in [0.4, 0.5) is 17.1 Å². The molecule has 0 spiro atoms. The quantitative estimate of drug-likeness (QED) is 0.251. The van der Waals surface area contributed by atoms with Crippen molar-refractivity contribution in [3.63, 3.8) is 0 Å². The molecule has 0 heterocycles. The van der Waals surface area contributed by atoms with E-state index in [2.05, 4.69) is 5.32 Å². The van der Waals surface area contributed by atoms with Gasteiger partial charge in [0.15, 0.2) is 11.6 Å². The third-order valence-electron chi connectivity index (χ3n) is 4.98. The van der Waals surface area contributed by atoms with Gasteiger partial charge < -0.3 is 11.1 Å². The molecule has 0 unspecified atom stereocenters. The molecule has 1 aliphatic carbocycles. The summed E-state index contributed by atoms with van der Waals surface area (Å²) < 4.78 is 33.5. The molecule has 4 N–H and O–H groups in total. The number of aryl methyl sites for hydroxylation is 2. The predicted molar refractivity (Wildman–Crippen MR) is 120 cm³/mol. The second kappa shape index (κ2) is 8.22. The van der Waals surface area contributed by atoms with Crippen LogP contribution in [0.1, 0.15) is 43.0 Å². The van der Waals surface area contributed by atoms with Crippen LogP contribution in [0, 0.1) is 13.8 Å². The summed E-state index contributed by atoms with van der Waals surface area (Å²) in [5.41, 5.74) is 8.16. The second-order valence-corrected chi connectivity index (χ2v) is 8.66. The molecule has 0 aromatic heterocycles. The fourth-order valence-electron chi connectivity index (χ4n) is 3.81. The molecule has 3 aromatic carbocycles. The van der Waals surface area contributed by atoms with Crippen LogP contribution in [0.3, 0.4) is 0 Å². The average Bonchev–Trinajstić information content (AvgIpc) is 2.65. The topological polar surface area (TPSA) is 127 Å². The molecule has 0 atom stereocenters. The van der Waals surface area contributed by atoms with E-state index < -0.39 is 32.3 Å². The fraction of sp³-hybridized carbons (Fsp3) is 0.0909. The van der Waals surface area contributed by atoms with Gasteiger partial charge in [0, 0.05) is 16.8 Å². The van der Waals surface area contributed by atoms with Gasteiger partial charge in [0.05, 0.1) is 22.5 Å². The van der Waals surface area contributed by atoms with Gasteiger partial charge in [-0.15, -0.1) is 0 Å². The SMILES string of the molecule is Cc1cc(C)cc(Nc2cc(S(=O)(=O)O)c(N)c3c2C(=O)c2ccccc2C3=O)c1.[NaH]. The molecule has 9 heteroatoms. The molecule has 0 fully saturated rings. The van der Waals surface area contributed by atoms with Gasteiger partial charge in [-0.1, -0.05) is 30.3 Å². The molecule has 31 heavy (non-hydrogen) atoms. The van der Waals surface area contributed by atoms with Crippen molar-refractivity contribution in [2.45, 2.75) is 18.7 Å². The van der Waals surface area contributed by atoms with Crippen molar-refractivity contribution in [3.05, 3.63) is 81.9 Å². The Kier molecular flexibility index (Phi) is 6.14. The van der Waals surface area contributed by atoms with Gasteiger partial charge in [-0.05, 0) is 43.2 Å².